The van der Waals surface area contributed by atoms with Crippen molar-refractivity contribution < 1.29 is 0 Å². The van der Waals surface area contributed by atoms with Gasteiger partial charge in [-0.3, -0.25) is 0 Å². The van der Waals surface area contributed by atoms with Crippen molar-refractivity contribution in [3.63, 3.8) is 0 Å². The van der Waals surface area contributed by atoms with E-state index in [4.69, 9.17) is 9.97 Å². The zero-order valence-electron chi connectivity index (χ0n) is 13.9. The van der Waals surface area contributed by atoms with Gasteiger partial charge >= 0.3 is 0 Å². The Morgan fingerprint density at radius 3 is 2.68 bits per heavy atom. The van der Waals surface area contributed by atoms with E-state index in [2.05, 4.69) is 54.2 Å². The molecule has 3 rings (SSSR count). The summed E-state index contributed by atoms with van der Waals surface area (Å²) in [5.41, 5.74) is 1.06. The van der Waals surface area contributed by atoms with Gasteiger partial charge in [-0.25, -0.2) is 4.98 Å². The molecule has 1 aliphatic rings. The van der Waals surface area contributed by atoms with Crippen LogP contribution in [0.15, 0.2) is 11.4 Å². The molecule has 22 heavy (non-hydrogen) atoms. The number of nitrogens with zero attached hydrogens (tertiary/aromatic N) is 5. The lowest BCUT2D eigenvalue weighted by Crippen LogP contribution is -2.42. The van der Waals surface area contributed by atoms with Gasteiger partial charge in [-0.15, -0.1) is 11.3 Å². The van der Waals surface area contributed by atoms with Crippen molar-refractivity contribution in [1.82, 2.24) is 14.9 Å². The van der Waals surface area contributed by atoms with Crippen molar-refractivity contribution in [3.05, 3.63) is 11.4 Å². The molecular weight excluding hydrogens is 294 g/mol. The minimum Gasteiger partial charge on any atom is -0.359 e. The number of anilines is 2. The van der Waals surface area contributed by atoms with Crippen molar-refractivity contribution in [2.75, 3.05) is 50.6 Å². The van der Waals surface area contributed by atoms with Crippen LogP contribution in [0.4, 0.5) is 11.8 Å². The van der Waals surface area contributed by atoms with E-state index in [1.54, 1.807) is 11.3 Å². The highest BCUT2D eigenvalue weighted by Crippen LogP contribution is 2.31. The monoisotopic (exact) mass is 319 g/mol. The number of rotatable bonds is 4. The maximum Gasteiger partial charge on any atom is 0.227 e. The molecule has 0 aliphatic carbocycles. The summed E-state index contributed by atoms with van der Waals surface area (Å²) in [5, 5.41) is 2.10. The van der Waals surface area contributed by atoms with E-state index in [9.17, 15) is 0 Å². The first-order valence-electron chi connectivity index (χ1n) is 7.98. The lowest BCUT2D eigenvalue weighted by Gasteiger charge is -2.35. The highest BCUT2D eigenvalue weighted by atomic mass is 32.1. The number of aromatic nitrogens is 2. The lowest BCUT2D eigenvalue weighted by atomic mass is 10.0. The predicted octanol–water partition coefficient (Wildman–Crippen LogP) is 2.68. The molecule has 5 nitrogen and oxygen atoms in total. The number of likely N-dealkylation sites (tertiary alicyclic amines) is 1. The predicted molar refractivity (Wildman–Crippen MR) is 95.3 cm³/mol. The Morgan fingerprint density at radius 1 is 1.27 bits per heavy atom. The molecule has 1 aliphatic heterocycles. The molecule has 0 amide bonds. The maximum atomic E-state index is 4.88. The first kappa shape index (κ1) is 15.5. The van der Waals surface area contributed by atoms with E-state index in [1.165, 1.54) is 17.5 Å². The Hall–Kier alpha value is -1.40. The summed E-state index contributed by atoms with van der Waals surface area (Å²) < 4.78 is 1.19. The SMILES string of the molecule is CCN(C)c1nc(N(C)C2CCN(C)CC2)nc2ccsc12. The molecule has 1 fully saturated rings. The molecule has 0 saturated carbocycles. The van der Waals surface area contributed by atoms with E-state index < -0.39 is 0 Å². The molecule has 0 spiro atoms. The van der Waals surface area contributed by atoms with Gasteiger partial charge in [0.05, 0.1) is 10.2 Å². The third kappa shape index (κ3) is 2.90. The zero-order chi connectivity index (χ0) is 15.7. The molecule has 6 heteroatoms. The topological polar surface area (TPSA) is 35.5 Å². The Labute approximate surface area is 136 Å². The first-order chi connectivity index (χ1) is 10.6. The third-order valence-corrected chi connectivity index (χ3v) is 5.56. The van der Waals surface area contributed by atoms with Crippen molar-refractivity contribution in [2.24, 2.45) is 0 Å². The second kappa shape index (κ2) is 6.38. The van der Waals surface area contributed by atoms with Crippen LogP contribution in [0.25, 0.3) is 10.2 Å². The molecule has 0 aromatic carbocycles. The fourth-order valence-electron chi connectivity index (χ4n) is 2.95. The molecule has 3 heterocycles. The number of fused-ring (bicyclic) bond motifs is 1. The van der Waals surface area contributed by atoms with Crippen LogP contribution < -0.4 is 9.80 Å². The summed E-state index contributed by atoms with van der Waals surface area (Å²) in [6, 6.07) is 2.63. The van der Waals surface area contributed by atoms with Gasteiger partial charge in [-0.1, -0.05) is 0 Å². The van der Waals surface area contributed by atoms with Gasteiger partial charge in [0.25, 0.3) is 0 Å². The van der Waals surface area contributed by atoms with Gasteiger partial charge in [0.1, 0.15) is 0 Å². The molecule has 1 saturated heterocycles. The van der Waals surface area contributed by atoms with E-state index in [0.29, 0.717) is 6.04 Å². The quantitative estimate of drug-likeness (QED) is 0.866. The molecule has 0 atom stereocenters. The Kier molecular flexibility index (Phi) is 4.49. The van der Waals surface area contributed by atoms with E-state index in [-0.39, 0.29) is 0 Å². The van der Waals surface area contributed by atoms with Crippen molar-refractivity contribution in [3.8, 4) is 0 Å². The van der Waals surface area contributed by atoms with Crippen molar-refractivity contribution in [1.29, 1.82) is 0 Å². The third-order valence-electron chi connectivity index (χ3n) is 4.66. The second-order valence-corrected chi connectivity index (χ2v) is 7.06. The average molecular weight is 319 g/mol. The van der Waals surface area contributed by atoms with Crippen LogP contribution in [0.3, 0.4) is 0 Å². The largest absolute Gasteiger partial charge is 0.359 e. The summed E-state index contributed by atoms with van der Waals surface area (Å²) in [6.45, 7) is 5.40. The van der Waals surface area contributed by atoms with Gasteiger partial charge < -0.3 is 14.7 Å². The Morgan fingerprint density at radius 2 is 2.00 bits per heavy atom. The van der Waals surface area contributed by atoms with E-state index in [1.807, 2.05) is 0 Å². The lowest BCUT2D eigenvalue weighted by molar-refractivity contribution is 0.252. The summed E-state index contributed by atoms with van der Waals surface area (Å²) in [6.07, 6.45) is 2.36. The second-order valence-electron chi connectivity index (χ2n) is 6.14. The van der Waals surface area contributed by atoms with E-state index >= 15 is 0 Å². The van der Waals surface area contributed by atoms with Gasteiger partial charge in [-0.2, -0.15) is 4.98 Å². The molecular formula is C16H25N5S. The van der Waals surface area contributed by atoms with Gasteiger partial charge in [0, 0.05) is 26.7 Å². The number of hydrogen-bond acceptors (Lipinski definition) is 6. The van der Waals surface area contributed by atoms with Crippen molar-refractivity contribution in [2.45, 2.75) is 25.8 Å². The van der Waals surface area contributed by atoms with Crippen LogP contribution in [0.1, 0.15) is 19.8 Å². The zero-order valence-corrected chi connectivity index (χ0v) is 14.7. The Balaban J connectivity index is 1.93. The molecule has 0 radical (unpaired) electrons. The fraction of sp³-hybridized carbons (Fsp3) is 0.625. The average Bonchev–Trinajstić information content (AvgIpc) is 3.01. The smallest absolute Gasteiger partial charge is 0.227 e. The molecule has 0 bridgehead atoms. The van der Waals surface area contributed by atoms with Crippen LogP contribution >= 0.6 is 11.3 Å². The highest BCUT2D eigenvalue weighted by molar-refractivity contribution is 7.17. The molecule has 2 aromatic heterocycles. The van der Waals surface area contributed by atoms with Gasteiger partial charge in [0.2, 0.25) is 5.95 Å². The summed E-state index contributed by atoms with van der Waals surface area (Å²) >= 11 is 1.72. The minimum atomic E-state index is 0.534. The fourth-order valence-corrected chi connectivity index (χ4v) is 3.82. The minimum absolute atomic E-state index is 0.534. The normalized spacial score (nSPS) is 17.1. The van der Waals surface area contributed by atoms with Crippen LogP contribution in [0.5, 0.6) is 0 Å². The molecule has 0 N–H and O–H groups in total. The standard InChI is InChI=1S/C16H25N5S/c1-5-20(3)15-14-13(8-11-22-14)17-16(18-15)21(4)12-6-9-19(2)10-7-12/h8,11-12H,5-7,9-10H2,1-4H3. The number of piperidine rings is 1. The summed E-state index contributed by atoms with van der Waals surface area (Å²) in [4.78, 5) is 16.5. The summed E-state index contributed by atoms with van der Waals surface area (Å²) in [7, 11) is 6.43. The van der Waals surface area contributed by atoms with E-state index in [0.717, 1.165) is 36.9 Å². The van der Waals surface area contributed by atoms with Crippen LogP contribution in [-0.4, -0.2) is 61.7 Å². The number of thiophene rings is 1. The Bertz CT molecular complexity index is 632. The molecule has 0 unspecified atom stereocenters. The van der Waals surface area contributed by atoms with Crippen LogP contribution in [-0.2, 0) is 0 Å². The first-order valence-corrected chi connectivity index (χ1v) is 8.86. The van der Waals surface area contributed by atoms with Gasteiger partial charge in [-0.05, 0) is 51.3 Å². The highest BCUT2D eigenvalue weighted by Gasteiger charge is 2.23. The maximum absolute atomic E-state index is 4.88. The molecule has 120 valence electrons. The number of hydrogen-bond donors (Lipinski definition) is 0. The van der Waals surface area contributed by atoms with Crippen LogP contribution in [0.2, 0.25) is 0 Å². The molecule has 2 aromatic rings. The van der Waals surface area contributed by atoms with Crippen LogP contribution in [0, 0.1) is 0 Å². The van der Waals surface area contributed by atoms with Gasteiger partial charge in [0.15, 0.2) is 5.82 Å². The summed E-state index contributed by atoms with van der Waals surface area (Å²) in [5.74, 6) is 1.91. The van der Waals surface area contributed by atoms with Crippen molar-refractivity contribution >= 4 is 33.3 Å².